The second kappa shape index (κ2) is 14.7. The first-order chi connectivity index (χ1) is 19.9. The summed E-state index contributed by atoms with van der Waals surface area (Å²) < 4.78 is 2.59. The van der Waals surface area contributed by atoms with Crippen molar-refractivity contribution in [2.45, 2.75) is 103 Å². The zero-order chi connectivity index (χ0) is 28.7. The number of benzene rings is 2. The molecule has 0 fully saturated rings. The number of hydrogen-bond acceptors (Lipinski definition) is 1. The number of anilines is 1. The predicted octanol–water partition coefficient (Wildman–Crippen LogP) is 7.33. The Morgan fingerprint density at radius 2 is 1.17 bits per heavy atom. The molecule has 0 radical (unpaired) electrons. The van der Waals surface area contributed by atoms with Crippen LogP contribution < -0.4 is 21.9 Å². The molecule has 2 aromatic carbocycles. The van der Waals surface area contributed by atoms with Crippen LogP contribution in [0, 0.1) is 0 Å². The summed E-state index contributed by atoms with van der Waals surface area (Å²) in [5.41, 5.74) is 8.52. The third-order valence-electron chi connectivity index (χ3n) is 9.56. The molecule has 3 heterocycles. The average Bonchev–Trinajstić information content (AvgIpc) is 3.31. The lowest BCUT2D eigenvalue weighted by Crippen LogP contribution is -3.00. The lowest BCUT2D eigenvalue weighted by atomic mass is 9.81. The van der Waals surface area contributed by atoms with E-state index in [0.717, 1.165) is 13.1 Å². The summed E-state index contributed by atoms with van der Waals surface area (Å²) in [6.45, 7) is 11.7. The van der Waals surface area contributed by atoms with E-state index in [0.29, 0.717) is 0 Å². The van der Waals surface area contributed by atoms with Crippen LogP contribution in [0.1, 0.15) is 103 Å². The van der Waals surface area contributed by atoms with Crippen LogP contribution in [0.4, 0.5) is 11.4 Å². The van der Waals surface area contributed by atoms with Crippen LogP contribution in [0.2, 0.25) is 0 Å². The SMILES string of the molecule is CC1(C)C2=[N+](CCCCCCCCCCCCN3\C(=C/C=C/C=C/C=C/2)C(C)(C)c2ccccc23)c2ccccc21.[Br-]. The smallest absolute Gasteiger partial charge is 0.209 e. The number of fused-ring (bicyclic) bond motifs is 5. The maximum atomic E-state index is 2.59. The van der Waals surface area contributed by atoms with Crippen molar-refractivity contribution in [1.29, 1.82) is 0 Å². The third-order valence-corrected chi connectivity index (χ3v) is 9.56. The molecule has 0 amide bonds. The molecule has 3 aliphatic heterocycles. The molecule has 0 spiro atoms. The zero-order valence-corrected chi connectivity index (χ0v) is 28.0. The van der Waals surface area contributed by atoms with E-state index in [-0.39, 0.29) is 27.8 Å². The second-order valence-corrected chi connectivity index (χ2v) is 13.2. The maximum absolute atomic E-state index is 2.59. The zero-order valence-electron chi connectivity index (χ0n) is 26.4. The Morgan fingerprint density at radius 3 is 1.90 bits per heavy atom. The molecule has 3 heteroatoms. The highest BCUT2D eigenvalue weighted by Crippen LogP contribution is 2.47. The van der Waals surface area contributed by atoms with E-state index >= 15 is 0 Å². The highest BCUT2D eigenvalue weighted by atomic mass is 79.9. The number of halogens is 1. The van der Waals surface area contributed by atoms with Gasteiger partial charge in [0, 0.05) is 47.5 Å². The van der Waals surface area contributed by atoms with Crippen molar-refractivity contribution in [3.63, 3.8) is 0 Å². The fourth-order valence-electron chi connectivity index (χ4n) is 7.20. The maximum Gasteiger partial charge on any atom is 0.209 e. The van der Waals surface area contributed by atoms with E-state index in [1.165, 1.54) is 98.1 Å². The Labute approximate surface area is 266 Å². The normalized spacial score (nSPS) is 24.6. The molecule has 224 valence electrons. The van der Waals surface area contributed by atoms with Crippen molar-refractivity contribution in [2.24, 2.45) is 0 Å². The van der Waals surface area contributed by atoms with Crippen molar-refractivity contribution < 1.29 is 21.6 Å². The van der Waals surface area contributed by atoms with Gasteiger partial charge in [-0.05, 0) is 44.4 Å². The molecule has 2 aromatic rings. The number of para-hydroxylation sites is 2. The summed E-state index contributed by atoms with van der Waals surface area (Å²) in [7, 11) is 0. The lowest BCUT2D eigenvalue weighted by Gasteiger charge is -2.27. The van der Waals surface area contributed by atoms with Crippen molar-refractivity contribution in [3.8, 4) is 0 Å². The molecular formula is C39H51BrN2. The number of allylic oxidation sites excluding steroid dienone is 8. The van der Waals surface area contributed by atoms with Crippen LogP contribution in [0.15, 0.2) is 96.8 Å². The Morgan fingerprint density at radius 1 is 0.595 bits per heavy atom. The summed E-state index contributed by atoms with van der Waals surface area (Å²) in [6.07, 6.45) is 29.1. The Bertz CT molecular complexity index is 1350. The Hall–Kier alpha value is -2.65. The molecule has 0 bridgehead atoms. The van der Waals surface area contributed by atoms with E-state index in [1.807, 2.05) is 0 Å². The van der Waals surface area contributed by atoms with Gasteiger partial charge in [-0.1, -0.05) is 126 Å². The highest BCUT2D eigenvalue weighted by Gasteiger charge is 2.43. The molecule has 0 saturated heterocycles. The minimum Gasteiger partial charge on any atom is -1.00 e. The van der Waals surface area contributed by atoms with Gasteiger partial charge >= 0.3 is 0 Å². The van der Waals surface area contributed by atoms with Crippen LogP contribution in [0.5, 0.6) is 0 Å². The van der Waals surface area contributed by atoms with Gasteiger partial charge in [-0.2, -0.15) is 4.58 Å². The molecule has 42 heavy (non-hydrogen) atoms. The van der Waals surface area contributed by atoms with Gasteiger partial charge in [0.05, 0.1) is 5.41 Å². The third kappa shape index (κ3) is 6.94. The van der Waals surface area contributed by atoms with Gasteiger partial charge in [0.2, 0.25) is 5.69 Å². The quantitative estimate of drug-likeness (QED) is 0.277. The van der Waals surface area contributed by atoms with E-state index in [9.17, 15) is 0 Å². The first kappa shape index (κ1) is 32.3. The molecule has 3 aliphatic rings. The van der Waals surface area contributed by atoms with Gasteiger partial charge in [-0.25, -0.2) is 0 Å². The van der Waals surface area contributed by atoms with E-state index < -0.39 is 0 Å². The minimum atomic E-state index is 0. The lowest BCUT2D eigenvalue weighted by molar-refractivity contribution is -0.438. The molecule has 0 atom stereocenters. The monoisotopic (exact) mass is 626 g/mol. The van der Waals surface area contributed by atoms with Crippen molar-refractivity contribution >= 4 is 17.1 Å². The Kier molecular flexibility index (Phi) is 11.3. The van der Waals surface area contributed by atoms with Gasteiger partial charge in [-0.3, -0.25) is 0 Å². The van der Waals surface area contributed by atoms with Crippen molar-refractivity contribution in [1.82, 2.24) is 0 Å². The molecule has 0 N–H and O–H groups in total. The van der Waals surface area contributed by atoms with Gasteiger partial charge in [-0.15, -0.1) is 0 Å². The van der Waals surface area contributed by atoms with Crippen LogP contribution >= 0.6 is 0 Å². The first-order valence-electron chi connectivity index (χ1n) is 16.3. The van der Waals surface area contributed by atoms with Gasteiger partial charge in [0.1, 0.15) is 6.54 Å². The van der Waals surface area contributed by atoms with Crippen LogP contribution in [0.25, 0.3) is 0 Å². The largest absolute Gasteiger partial charge is 1.00 e. The number of rotatable bonds is 0. The van der Waals surface area contributed by atoms with Gasteiger partial charge in [0.25, 0.3) is 0 Å². The van der Waals surface area contributed by atoms with Crippen LogP contribution in [-0.4, -0.2) is 23.4 Å². The summed E-state index contributed by atoms with van der Waals surface area (Å²) in [5.74, 6) is 0. The molecule has 0 unspecified atom stereocenters. The van der Waals surface area contributed by atoms with E-state index in [1.54, 1.807) is 0 Å². The van der Waals surface area contributed by atoms with Crippen molar-refractivity contribution in [2.75, 3.05) is 18.0 Å². The highest BCUT2D eigenvalue weighted by molar-refractivity contribution is 6.03. The molecule has 2 nitrogen and oxygen atoms in total. The Balaban J connectivity index is 0.00000405. The summed E-state index contributed by atoms with van der Waals surface area (Å²) in [4.78, 5) is 2.59. The van der Waals surface area contributed by atoms with Gasteiger partial charge < -0.3 is 21.9 Å². The van der Waals surface area contributed by atoms with Gasteiger partial charge in [0.15, 0.2) is 5.71 Å². The predicted molar refractivity (Wildman–Crippen MR) is 178 cm³/mol. The summed E-state index contributed by atoms with van der Waals surface area (Å²) >= 11 is 0. The molecular weight excluding hydrogens is 576 g/mol. The molecule has 0 aliphatic carbocycles. The molecule has 0 saturated carbocycles. The standard InChI is InChI=1S/C39H51N2.BrH/c1-38(2)32-24-18-20-26-34(32)40-30-22-14-9-7-5-6-8-10-15-23-31-41-35-27-21-19-25-33(35)39(3,4)37(41)29-17-13-11-12-16-28-36(38)40;/h11-13,16-21,24-29H,5-10,14-15,22-23,30-31H2,1-4H3;1H/q+1;/p-1. The molecule has 5 rings (SSSR count). The molecule has 0 aromatic heterocycles. The topological polar surface area (TPSA) is 6.25 Å². The average molecular weight is 628 g/mol. The fraction of sp³-hybridized carbons (Fsp3) is 0.462. The van der Waals surface area contributed by atoms with Crippen LogP contribution in [-0.2, 0) is 10.8 Å². The van der Waals surface area contributed by atoms with E-state index in [2.05, 4.69) is 128 Å². The number of hydrogen-bond donors (Lipinski definition) is 0. The second-order valence-electron chi connectivity index (χ2n) is 13.2. The fourth-order valence-corrected chi connectivity index (χ4v) is 7.20. The first-order valence-corrected chi connectivity index (χ1v) is 16.3. The summed E-state index contributed by atoms with van der Waals surface area (Å²) in [6, 6.07) is 18.0. The minimum absolute atomic E-state index is 0. The van der Waals surface area contributed by atoms with Crippen molar-refractivity contribution in [3.05, 3.63) is 108 Å². The summed E-state index contributed by atoms with van der Waals surface area (Å²) in [5, 5.41) is 0. The van der Waals surface area contributed by atoms with E-state index in [4.69, 9.17) is 0 Å². The number of nitrogens with zero attached hydrogens (tertiary/aromatic N) is 2. The van der Waals surface area contributed by atoms with Crippen LogP contribution in [0.3, 0.4) is 0 Å².